The summed E-state index contributed by atoms with van der Waals surface area (Å²) in [5.41, 5.74) is 1.28. The number of nitrogens with one attached hydrogen (secondary N) is 1. The van der Waals surface area contributed by atoms with E-state index in [4.69, 9.17) is 4.74 Å². The first-order valence-electron chi connectivity index (χ1n) is 5.33. The van der Waals surface area contributed by atoms with Gasteiger partial charge < -0.3 is 15.2 Å². The van der Waals surface area contributed by atoms with Crippen molar-refractivity contribution in [3.8, 4) is 5.75 Å². The minimum atomic E-state index is 0.205. The number of hydrogen-bond donors (Lipinski definition) is 2. The van der Waals surface area contributed by atoms with Crippen LogP contribution in [-0.4, -0.2) is 31.4 Å². The molecule has 2 rings (SSSR count). The van der Waals surface area contributed by atoms with Gasteiger partial charge in [0.2, 0.25) is 0 Å². The predicted molar refractivity (Wildman–Crippen MR) is 59.2 cm³/mol. The summed E-state index contributed by atoms with van der Waals surface area (Å²) in [7, 11) is 1.67. The molecule has 2 atom stereocenters. The zero-order valence-corrected chi connectivity index (χ0v) is 8.94. The summed E-state index contributed by atoms with van der Waals surface area (Å²) in [5.74, 6) is 1.31. The van der Waals surface area contributed by atoms with Gasteiger partial charge in [-0.1, -0.05) is 12.1 Å². The molecule has 0 saturated carbocycles. The average molecular weight is 207 g/mol. The van der Waals surface area contributed by atoms with Crippen molar-refractivity contribution < 1.29 is 9.84 Å². The minimum Gasteiger partial charge on any atom is -0.497 e. The Balaban J connectivity index is 2.14. The van der Waals surface area contributed by atoms with Crippen LogP contribution >= 0.6 is 0 Å². The van der Waals surface area contributed by atoms with E-state index < -0.39 is 0 Å². The van der Waals surface area contributed by atoms with E-state index in [1.165, 1.54) is 5.56 Å². The molecule has 1 fully saturated rings. The van der Waals surface area contributed by atoms with Gasteiger partial charge in [0.25, 0.3) is 0 Å². The maximum Gasteiger partial charge on any atom is 0.118 e. The molecule has 0 aromatic heterocycles. The second-order valence-corrected chi connectivity index (χ2v) is 3.91. The van der Waals surface area contributed by atoms with Crippen LogP contribution < -0.4 is 10.1 Å². The number of methoxy groups -OCH3 is 1. The third kappa shape index (κ3) is 2.13. The molecule has 2 N–H and O–H groups in total. The maximum atomic E-state index is 9.21. The van der Waals surface area contributed by atoms with Crippen LogP contribution in [0, 0.1) is 0 Å². The van der Waals surface area contributed by atoms with Gasteiger partial charge in [-0.2, -0.15) is 0 Å². The first-order chi connectivity index (χ1) is 7.35. The molecule has 3 heteroatoms. The van der Waals surface area contributed by atoms with Crippen LogP contribution in [-0.2, 0) is 0 Å². The van der Waals surface area contributed by atoms with Crippen LogP contribution in [0.4, 0.5) is 0 Å². The Morgan fingerprint density at radius 1 is 1.40 bits per heavy atom. The summed E-state index contributed by atoms with van der Waals surface area (Å²) in [4.78, 5) is 0. The fourth-order valence-corrected chi connectivity index (χ4v) is 2.21. The summed E-state index contributed by atoms with van der Waals surface area (Å²) in [5, 5.41) is 12.5. The van der Waals surface area contributed by atoms with E-state index in [1.54, 1.807) is 7.11 Å². The van der Waals surface area contributed by atoms with E-state index >= 15 is 0 Å². The first kappa shape index (κ1) is 10.5. The van der Waals surface area contributed by atoms with E-state index in [2.05, 4.69) is 17.4 Å². The normalized spacial score (nSPS) is 25.5. The monoisotopic (exact) mass is 207 g/mol. The van der Waals surface area contributed by atoms with Crippen molar-refractivity contribution in [2.24, 2.45) is 0 Å². The molecule has 0 radical (unpaired) electrons. The number of hydrogen-bond acceptors (Lipinski definition) is 3. The van der Waals surface area contributed by atoms with E-state index in [9.17, 15) is 5.11 Å². The van der Waals surface area contributed by atoms with Crippen molar-refractivity contribution in [3.05, 3.63) is 29.8 Å². The predicted octanol–water partition coefficient (Wildman–Crippen LogP) is 1.13. The zero-order chi connectivity index (χ0) is 10.7. The van der Waals surface area contributed by atoms with Crippen LogP contribution in [0.15, 0.2) is 24.3 Å². The largest absolute Gasteiger partial charge is 0.497 e. The smallest absolute Gasteiger partial charge is 0.118 e. The molecule has 82 valence electrons. The minimum absolute atomic E-state index is 0.205. The van der Waals surface area contributed by atoms with Gasteiger partial charge in [-0.25, -0.2) is 0 Å². The molecule has 1 aromatic carbocycles. The molecule has 1 saturated heterocycles. The van der Waals surface area contributed by atoms with E-state index in [-0.39, 0.29) is 12.6 Å². The molecule has 0 unspecified atom stereocenters. The Kier molecular flexibility index (Phi) is 3.23. The Bertz CT molecular complexity index is 310. The second kappa shape index (κ2) is 4.64. The van der Waals surface area contributed by atoms with E-state index in [0.717, 1.165) is 18.7 Å². The summed E-state index contributed by atoms with van der Waals surface area (Å²) in [6.45, 7) is 1.19. The van der Waals surface area contributed by atoms with Gasteiger partial charge in [0.15, 0.2) is 0 Å². The zero-order valence-electron chi connectivity index (χ0n) is 8.94. The molecule has 1 aliphatic heterocycles. The molecule has 0 amide bonds. The van der Waals surface area contributed by atoms with Crippen molar-refractivity contribution in [1.29, 1.82) is 0 Å². The topological polar surface area (TPSA) is 41.5 Å². The average Bonchev–Trinajstić information content (AvgIpc) is 2.77. The Morgan fingerprint density at radius 2 is 2.13 bits per heavy atom. The Labute approximate surface area is 90.1 Å². The molecular formula is C12H17NO2. The maximum absolute atomic E-state index is 9.21. The van der Waals surface area contributed by atoms with Gasteiger partial charge in [-0.05, 0) is 30.7 Å². The third-order valence-corrected chi connectivity index (χ3v) is 3.09. The highest BCUT2D eigenvalue weighted by molar-refractivity contribution is 5.30. The second-order valence-electron chi connectivity index (χ2n) is 3.91. The molecule has 1 aliphatic rings. The number of ether oxygens (including phenoxy) is 1. The SMILES string of the molecule is COc1ccc([C@@H]2CCN[C@H]2CO)cc1. The molecule has 1 heterocycles. The van der Waals surface area contributed by atoms with Crippen molar-refractivity contribution >= 4 is 0 Å². The molecule has 0 bridgehead atoms. The van der Waals surface area contributed by atoms with E-state index in [0.29, 0.717) is 5.92 Å². The van der Waals surface area contributed by atoms with Crippen molar-refractivity contribution in [1.82, 2.24) is 5.32 Å². The lowest BCUT2D eigenvalue weighted by Crippen LogP contribution is -2.29. The highest BCUT2D eigenvalue weighted by Gasteiger charge is 2.27. The van der Waals surface area contributed by atoms with Crippen molar-refractivity contribution in [2.45, 2.75) is 18.4 Å². The van der Waals surface area contributed by atoms with E-state index in [1.807, 2.05) is 12.1 Å². The third-order valence-electron chi connectivity index (χ3n) is 3.09. The van der Waals surface area contributed by atoms with Gasteiger partial charge in [-0.15, -0.1) is 0 Å². The molecule has 1 aromatic rings. The lowest BCUT2D eigenvalue weighted by atomic mass is 9.92. The number of aliphatic hydroxyl groups is 1. The molecule has 0 aliphatic carbocycles. The lowest BCUT2D eigenvalue weighted by Gasteiger charge is -2.17. The van der Waals surface area contributed by atoms with Gasteiger partial charge in [0.05, 0.1) is 13.7 Å². The lowest BCUT2D eigenvalue weighted by molar-refractivity contribution is 0.245. The standard InChI is InChI=1S/C12H17NO2/c1-15-10-4-2-9(3-5-10)11-6-7-13-12(11)8-14/h2-5,11-14H,6-8H2,1H3/t11-,12-/m0/s1. The van der Waals surface area contributed by atoms with Gasteiger partial charge in [0.1, 0.15) is 5.75 Å². The fourth-order valence-electron chi connectivity index (χ4n) is 2.21. The molecule has 3 nitrogen and oxygen atoms in total. The van der Waals surface area contributed by atoms with Crippen LogP contribution in [0.25, 0.3) is 0 Å². The van der Waals surface area contributed by atoms with Gasteiger partial charge >= 0.3 is 0 Å². The summed E-state index contributed by atoms with van der Waals surface area (Å²) >= 11 is 0. The molecular weight excluding hydrogens is 190 g/mol. The highest BCUT2D eigenvalue weighted by Crippen LogP contribution is 2.28. The van der Waals surface area contributed by atoms with Crippen molar-refractivity contribution in [3.63, 3.8) is 0 Å². The number of aliphatic hydroxyl groups excluding tert-OH is 1. The Hall–Kier alpha value is -1.06. The van der Waals surface area contributed by atoms with Crippen LogP contribution in [0.3, 0.4) is 0 Å². The fraction of sp³-hybridized carbons (Fsp3) is 0.500. The molecule has 0 spiro atoms. The number of rotatable bonds is 3. The van der Waals surface area contributed by atoms with Gasteiger partial charge in [-0.3, -0.25) is 0 Å². The Morgan fingerprint density at radius 3 is 2.73 bits per heavy atom. The highest BCUT2D eigenvalue weighted by atomic mass is 16.5. The quantitative estimate of drug-likeness (QED) is 0.780. The van der Waals surface area contributed by atoms with Crippen molar-refractivity contribution in [2.75, 3.05) is 20.3 Å². The van der Waals surface area contributed by atoms with Crippen LogP contribution in [0.1, 0.15) is 17.9 Å². The summed E-state index contributed by atoms with van der Waals surface area (Å²) < 4.78 is 5.12. The first-order valence-corrected chi connectivity index (χ1v) is 5.33. The summed E-state index contributed by atoms with van der Waals surface area (Å²) in [6.07, 6.45) is 1.09. The van der Waals surface area contributed by atoms with Gasteiger partial charge in [0, 0.05) is 12.0 Å². The molecule has 15 heavy (non-hydrogen) atoms. The summed E-state index contributed by atoms with van der Waals surface area (Å²) in [6, 6.07) is 8.32. The number of benzene rings is 1. The van der Waals surface area contributed by atoms with Crippen LogP contribution in [0.5, 0.6) is 5.75 Å². The van der Waals surface area contributed by atoms with Crippen LogP contribution in [0.2, 0.25) is 0 Å².